The number of para-hydroxylation sites is 4. The van der Waals surface area contributed by atoms with Gasteiger partial charge in [-0.25, -0.2) is 15.0 Å². The van der Waals surface area contributed by atoms with Crippen molar-refractivity contribution in [2.24, 2.45) is 0 Å². The molecule has 0 aliphatic heterocycles. The number of fused-ring (bicyclic) bond motifs is 10. The number of aromatic nitrogens is 4. The van der Waals surface area contributed by atoms with E-state index in [-0.39, 0.29) is 0 Å². The van der Waals surface area contributed by atoms with Gasteiger partial charge in [-0.15, -0.1) is 0 Å². The molecule has 0 saturated heterocycles. The van der Waals surface area contributed by atoms with Crippen molar-refractivity contribution in [3.05, 3.63) is 217 Å². The molecule has 0 amide bonds. The number of rotatable bonds is 6. The molecule has 2 aliphatic rings. The second-order valence-electron chi connectivity index (χ2n) is 18.1. The van der Waals surface area contributed by atoms with Crippen molar-refractivity contribution in [2.75, 3.05) is 0 Å². The summed E-state index contributed by atoms with van der Waals surface area (Å²) in [6.07, 6.45) is 19.0. The predicted molar refractivity (Wildman–Crippen MR) is 295 cm³/mol. The first-order chi connectivity index (χ1) is 35.2. The first-order valence-corrected chi connectivity index (χ1v) is 24.8. The van der Waals surface area contributed by atoms with E-state index in [1.54, 1.807) is 0 Å². The van der Waals surface area contributed by atoms with Crippen LogP contribution < -0.4 is 0 Å². The predicted octanol–water partition coefficient (Wildman–Crippen LogP) is 17.7. The Bertz CT molecular complexity index is 4210. The van der Waals surface area contributed by atoms with Crippen LogP contribution in [0.4, 0.5) is 0 Å². The Balaban J connectivity index is 0.00000243. The zero-order chi connectivity index (χ0) is 47.4. The molecule has 6 heteroatoms. The molecule has 0 unspecified atom stereocenters. The second-order valence-corrected chi connectivity index (χ2v) is 18.1. The van der Waals surface area contributed by atoms with E-state index in [4.69, 9.17) is 23.8 Å². The number of aryl methyl sites for hydroxylation is 1. The third-order valence-corrected chi connectivity index (χ3v) is 14.0. The molecule has 0 bridgehead atoms. The van der Waals surface area contributed by atoms with Crippen LogP contribution in [0.15, 0.2) is 209 Å². The summed E-state index contributed by atoms with van der Waals surface area (Å²) in [5.74, 6) is 1.84. The Morgan fingerprint density at radius 1 is 0.479 bits per heavy atom. The molecule has 0 saturated carbocycles. The lowest BCUT2D eigenvalue weighted by atomic mass is 9.96. The molecule has 0 spiro atoms. The lowest BCUT2D eigenvalue weighted by Crippen LogP contribution is -2.03. The van der Waals surface area contributed by atoms with Gasteiger partial charge in [0, 0.05) is 65.8 Å². The summed E-state index contributed by atoms with van der Waals surface area (Å²) in [6.45, 7) is 4.00. The minimum absolute atomic E-state index is 0.590. The van der Waals surface area contributed by atoms with E-state index in [9.17, 15) is 0 Å². The molecule has 71 heavy (non-hydrogen) atoms. The summed E-state index contributed by atoms with van der Waals surface area (Å²) in [6, 6.07) is 58.4. The quantitative estimate of drug-likeness (QED) is 0.166. The number of benzene rings is 8. The average Bonchev–Trinajstić information content (AvgIpc) is 3.92. The van der Waals surface area contributed by atoms with Crippen molar-refractivity contribution in [3.63, 3.8) is 0 Å². The highest BCUT2D eigenvalue weighted by Crippen LogP contribution is 2.43. The Labute approximate surface area is 411 Å². The standard InChI is InChI=1S/C63H42N4O2.C2H6/c1-2-5-17-39(16-4-1)61-64-62(66-63(65-61)45-32-33-51-49-24-8-10-30-56(49)68-58(51)38-45)44-22-13-23-46(35-44)67-55-37-41-19-7-3-6-18-40(41)36-54(55)52-28-14-26-47(59(52)67)42-20-12-21-43(34-42)48-27-15-29-53-50-25-9-11-31-57(50)69-60(48)53;1-2/h1-2,4-5,7-16,19-38H,3,6,17-18H2;1-2H3. The van der Waals surface area contributed by atoms with Gasteiger partial charge in [0.15, 0.2) is 17.5 Å². The van der Waals surface area contributed by atoms with Crippen LogP contribution in [0, 0.1) is 0 Å². The normalized spacial score (nSPS) is 13.5. The van der Waals surface area contributed by atoms with Gasteiger partial charge in [0.25, 0.3) is 0 Å². The Hall–Kier alpha value is -8.87. The van der Waals surface area contributed by atoms with E-state index in [2.05, 4.69) is 168 Å². The van der Waals surface area contributed by atoms with Crippen LogP contribution in [0.5, 0.6) is 0 Å². The Morgan fingerprint density at radius 3 is 2.01 bits per heavy atom. The Kier molecular flexibility index (Phi) is 10.5. The number of allylic oxidation sites excluding steroid dienone is 7. The van der Waals surface area contributed by atoms with Gasteiger partial charge in [-0.3, -0.25) is 0 Å². The van der Waals surface area contributed by atoms with Gasteiger partial charge < -0.3 is 13.4 Å². The lowest BCUT2D eigenvalue weighted by Gasteiger charge is -2.15. The SMILES string of the molecule is C1=CC=C(c2nc(-c3cccc(-n4c5cc6c(cc5c5cccc(-c7cccc(-c8cccc9c8oc8ccccc89)c7)c54)CCCC=C6)c3)nc(-c3ccc4c(c3)oc3ccccc34)n2)CC=C1.CC. The largest absolute Gasteiger partial charge is 0.456 e. The van der Waals surface area contributed by atoms with Crippen LogP contribution in [0.2, 0.25) is 0 Å². The maximum Gasteiger partial charge on any atom is 0.164 e. The van der Waals surface area contributed by atoms with E-state index in [1.807, 2.05) is 56.3 Å². The maximum absolute atomic E-state index is 6.55. The van der Waals surface area contributed by atoms with Gasteiger partial charge in [-0.2, -0.15) is 0 Å². The lowest BCUT2D eigenvalue weighted by molar-refractivity contribution is 0.669. The van der Waals surface area contributed by atoms with Crippen LogP contribution in [0.3, 0.4) is 0 Å². The third-order valence-electron chi connectivity index (χ3n) is 14.0. The summed E-state index contributed by atoms with van der Waals surface area (Å²) in [5, 5.41) is 6.84. The summed E-state index contributed by atoms with van der Waals surface area (Å²) >= 11 is 0. The maximum atomic E-state index is 6.55. The summed E-state index contributed by atoms with van der Waals surface area (Å²) < 4.78 is 15.4. The van der Waals surface area contributed by atoms with E-state index in [0.29, 0.717) is 23.9 Å². The molecule has 0 radical (unpaired) electrons. The fraction of sp³-hybridized carbons (Fsp3) is 0.0923. The molecule has 0 N–H and O–H groups in total. The number of furan rings is 2. The van der Waals surface area contributed by atoms with Crippen LogP contribution >= 0.6 is 0 Å². The topological polar surface area (TPSA) is 69.9 Å². The fourth-order valence-electron chi connectivity index (χ4n) is 10.7. The first kappa shape index (κ1) is 42.2. The highest BCUT2D eigenvalue weighted by molar-refractivity contribution is 6.15. The fourth-order valence-corrected chi connectivity index (χ4v) is 10.7. The zero-order valence-corrected chi connectivity index (χ0v) is 39.6. The zero-order valence-electron chi connectivity index (χ0n) is 39.6. The van der Waals surface area contributed by atoms with Gasteiger partial charge in [0.05, 0.1) is 11.0 Å². The van der Waals surface area contributed by atoms with Crippen LogP contribution in [-0.4, -0.2) is 19.5 Å². The smallest absolute Gasteiger partial charge is 0.164 e. The van der Waals surface area contributed by atoms with Gasteiger partial charge in [-0.1, -0.05) is 166 Å². The molecule has 4 aromatic heterocycles. The molecule has 4 heterocycles. The average molecular weight is 917 g/mol. The molecule has 340 valence electrons. The summed E-state index contributed by atoms with van der Waals surface area (Å²) in [7, 11) is 0. The molecule has 0 atom stereocenters. The highest BCUT2D eigenvalue weighted by atomic mass is 16.3. The van der Waals surface area contributed by atoms with Gasteiger partial charge in [-0.05, 0) is 103 Å². The van der Waals surface area contributed by atoms with Crippen molar-refractivity contribution in [1.82, 2.24) is 19.5 Å². The third kappa shape index (κ3) is 7.30. The summed E-state index contributed by atoms with van der Waals surface area (Å²) in [4.78, 5) is 15.6. The van der Waals surface area contributed by atoms with Crippen molar-refractivity contribution in [3.8, 4) is 50.7 Å². The molecule has 12 aromatic rings. The Morgan fingerprint density at radius 2 is 1.15 bits per heavy atom. The molecule has 8 aromatic carbocycles. The molecular formula is C65H48N4O2. The molecule has 14 rings (SSSR count). The second kappa shape index (κ2) is 17.6. The van der Waals surface area contributed by atoms with Crippen LogP contribution in [-0.2, 0) is 6.42 Å². The van der Waals surface area contributed by atoms with E-state index in [0.717, 1.165) is 119 Å². The van der Waals surface area contributed by atoms with Crippen molar-refractivity contribution in [1.29, 1.82) is 0 Å². The molecular weight excluding hydrogens is 869 g/mol. The molecule has 0 fully saturated rings. The van der Waals surface area contributed by atoms with Gasteiger partial charge in [0.1, 0.15) is 22.3 Å². The van der Waals surface area contributed by atoms with Gasteiger partial charge in [0.2, 0.25) is 0 Å². The van der Waals surface area contributed by atoms with Crippen LogP contribution in [0.25, 0.3) is 128 Å². The number of nitrogens with zero attached hydrogens (tertiary/aromatic N) is 4. The first-order valence-electron chi connectivity index (χ1n) is 24.8. The number of hydrogen-bond acceptors (Lipinski definition) is 5. The molecule has 2 aliphatic carbocycles. The minimum atomic E-state index is 0.590. The van der Waals surface area contributed by atoms with E-state index >= 15 is 0 Å². The summed E-state index contributed by atoms with van der Waals surface area (Å²) in [5.41, 5.74) is 16.6. The van der Waals surface area contributed by atoms with Crippen molar-refractivity contribution in [2.45, 2.75) is 39.5 Å². The monoisotopic (exact) mass is 916 g/mol. The molecule has 6 nitrogen and oxygen atoms in total. The number of hydrogen-bond donors (Lipinski definition) is 0. The highest BCUT2D eigenvalue weighted by Gasteiger charge is 2.22. The van der Waals surface area contributed by atoms with E-state index in [1.165, 1.54) is 21.9 Å². The van der Waals surface area contributed by atoms with Crippen molar-refractivity contribution >= 4 is 77.3 Å². The van der Waals surface area contributed by atoms with E-state index < -0.39 is 0 Å². The van der Waals surface area contributed by atoms with Crippen molar-refractivity contribution < 1.29 is 8.83 Å². The van der Waals surface area contributed by atoms with Gasteiger partial charge >= 0.3 is 0 Å². The minimum Gasteiger partial charge on any atom is -0.456 e. The van der Waals surface area contributed by atoms with Crippen LogP contribution in [0.1, 0.15) is 50.1 Å².